The van der Waals surface area contributed by atoms with Gasteiger partial charge in [0, 0.05) is 28.8 Å². The predicted molar refractivity (Wildman–Crippen MR) is 108 cm³/mol. The van der Waals surface area contributed by atoms with E-state index in [0.29, 0.717) is 19.4 Å². The third-order valence-electron chi connectivity index (χ3n) is 4.49. The van der Waals surface area contributed by atoms with Gasteiger partial charge in [-0.15, -0.1) is 0 Å². The van der Waals surface area contributed by atoms with E-state index in [1.807, 2.05) is 22.6 Å². The molecule has 0 radical (unpaired) electrons. The lowest BCUT2D eigenvalue weighted by molar-refractivity contribution is -0.137. The minimum atomic E-state index is -4.56. The van der Waals surface area contributed by atoms with Crippen LogP contribution in [0.3, 0.4) is 0 Å². The number of aliphatic hydroxyl groups is 1. The van der Waals surface area contributed by atoms with Gasteiger partial charge in [0.2, 0.25) is 5.91 Å². The number of nitrogens with two attached hydrogens (primary N) is 1. The summed E-state index contributed by atoms with van der Waals surface area (Å²) in [4.78, 5) is 11.9. The normalized spacial score (nSPS) is 15.1. The molecule has 2 rings (SSSR count). The summed E-state index contributed by atoms with van der Waals surface area (Å²) in [5.74, 6) is -0.763. The molecule has 2 aromatic rings. The summed E-state index contributed by atoms with van der Waals surface area (Å²) in [6.45, 7) is 0.440. The summed E-state index contributed by atoms with van der Waals surface area (Å²) >= 11 is 2.00. The molecule has 0 aliphatic rings. The van der Waals surface area contributed by atoms with Crippen LogP contribution in [0.1, 0.15) is 39.9 Å². The lowest BCUT2D eigenvalue weighted by atomic mass is 9.79. The van der Waals surface area contributed by atoms with E-state index < -0.39 is 27.2 Å². The fraction of sp³-hybridized carbons (Fsp3) is 0.350. The highest BCUT2D eigenvalue weighted by molar-refractivity contribution is 14.1. The maximum atomic E-state index is 13.2. The Bertz CT molecular complexity index is 828. The molecule has 1 amide bonds. The van der Waals surface area contributed by atoms with E-state index in [0.717, 1.165) is 12.1 Å². The summed E-state index contributed by atoms with van der Waals surface area (Å²) in [5, 5.41) is 11.7. The van der Waals surface area contributed by atoms with E-state index in [4.69, 9.17) is 10.5 Å². The van der Waals surface area contributed by atoms with Gasteiger partial charge in [0.1, 0.15) is 5.60 Å². The number of halogens is 4. The average Bonchev–Trinajstić information content (AvgIpc) is 2.66. The highest BCUT2D eigenvalue weighted by atomic mass is 127. The van der Waals surface area contributed by atoms with Crippen LogP contribution in [0.4, 0.5) is 13.2 Å². The van der Waals surface area contributed by atoms with Gasteiger partial charge in [0.15, 0.2) is 0 Å². The number of primary amides is 1. The topological polar surface area (TPSA) is 72.6 Å². The van der Waals surface area contributed by atoms with Crippen molar-refractivity contribution < 1.29 is 27.8 Å². The second-order valence-corrected chi connectivity index (χ2v) is 7.86. The summed E-state index contributed by atoms with van der Waals surface area (Å²) < 4.78 is 44.2. The standard InChI is InChI=1S/C20H21F3INO3/c1-28-11-5-10-17(24)19(27,16-9-3-2-8-15(16)18(25)26)13-6-4-7-14(12-13)20(21,22)23/h2-4,6-9,12,17,27H,5,10-11H2,1H3,(H2,25,26)/t17?,19-/m0/s1. The van der Waals surface area contributed by atoms with Crippen molar-refractivity contribution >= 4 is 28.5 Å². The molecule has 1 unspecified atom stereocenters. The SMILES string of the molecule is COCCCC(I)[C@](O)(c1cccc(C(F)(F)F)c1)c1ccccc1C(N)=O. The molecule has 0 saturated heterocycles. The summed E-state index contributed by atoms with van der Waals surface area (Å²) in [5.41, 5.74) is 3.03. The lowest BCUT2D eigenvalue weighted by Crippen LogP contribution is -2.39. The van der Waals surface area contributed by atoms with Crippen molar-refractivity contribution in [1.29, 1.82) is 0 Å². The van der Waals surface area contributed by atoms with Crippen LogP contribution in [0.15, 0.2) is 48.5 Å². The highest BCUT2D eigenvalue weighted by Gasteiger charge is 2.42. The van der Waals surface area contributed by atoms with Crippen molar-refractivity contribution in [2.75, 3.05) is 13.7 Å². The smallest absolute Gasteiger partial charge is 0.385 e. The molecule has 0 aromatic heterocycles. The van der Waals surface area contributed by atoms with Gasteiger partial charge in [-0.3, -0.25) is 4.79 Å². The maximum Gasteiger partial charge on any atom is 0.416 e. The van der Waals surface area contributed by atoms with Crippen molar-refractivity contribution in [3.63, 3.8) is 0 Å². The molecule has 152 valence electrons. The quantitative estimate of drug-likeness (QED) is 0.319. The van der Waals surface area contributed by atoms with Crippen molar-refractivity contribution in [2.24, 2.45) is 5.73 Å². The molecule has 3 N–H and O–H groups in total. The predicted octanol–water partition coefficient (Wildman–Crippen LogP) is 4.27. The third-order valence-corrected chi connectivity index (χ3v) is 6.02. The Morgan fingerprint density at radius 2 is 1.82 bits per heavy atom. The van der Waals surface area contributed by atoms with Gasteiger partial charge in [0.25, 0.3) is 0 Å². The number of rotatable bonds is 8. The second kappa shape index (κ2) is 9.23. The van der Waals surface area contributed by atoms with E-state index in [1.165, 1.54) is 24.3 Å². The molecule has 2 atom stereocenters. The van der Waals surface area contributed by atoms with Crippen molar-refractivity contribution in [3.05, 3.63) is 70.8 Å². The Hall–Kier alpha value is -1.65. The summed E-state index contributed by atoms with van der Waals surface area (Å²) in [7, 11) is 1.55. The van der Waals surface area contributed by atoms with E-state index in [1.54, 1.807) is 19.2 Å². The van der Waals surface area contributed by atoms with Crippen molar-refractivity contribution in [2.45, 2.75) is 28.5 Å². The molecule has 4 nitrogen and oxygen atoms in total. The van der Waals surface area contributed by atoms with E-state index in [-0.39, 0.29) is 16.7 Å². The van der Waals surface area contributed by atoms with E-state index in [9.17, 15) is 23.1 Å². The number of carbonyl (C=O) groups excluding carboxylic acids is 1. The molecule has 0 heterocycles. The van der Waals surface area contributed by atoms with E-state index in [2.05, 4.69) is 0 Å². The molecule has 0 fully saturated rings. The largest absolute Gasteiger partial charge is 0.416 e. The molecule has 28 heavy (non-hydrogen) atoms. The first-order valence-corrected chi connectivity index (χ1v) is 9.79. The van der Waals surface area contributed by atoms with Gasteiger partial charge < -0.3 is 15.6 Å². The Labute approximate surface area is 175 Å². The average molecular weight is 507 g/mol. The zero-order chi connectivity index (χ0) is 20.9. The number of methoxy groups -OCH3 is 1. The van der Waals surface area contributed by atoms with Crippen LogP contribution in [0.5, 0.6) is 0 Å². The van der Waals surface area contributed by atoms with Crippen LogP contribution in [-0.4, -0.2) is 28.7 Å². The third kappa shape index (κ3) is 4.84. The van der Waals surface area contributed by atoms with Gasteiger partial charge in [-0.05, 0) is 36.6 Å². The first-order valence-electron chi connectivity index (χ1n) is 8.54. The number of hydrogen-bond acceptors (Lipinski definition) is 3. The van der Waals surface area contributed by atoms with Crippen LogP contribution >= 0.6 is 22.6 Å². The molecule has 0 bridgehead atoms. The van der Waals surface area contributed by atoms with Gasteiger partial charge >= 0.3 is 6.18 Å². The Balaban J connectivity index is 2.66. The Kier molecular flexibility index (Phi) is 7.46. The lowest BCUT2D eigenvalue weighted by Gasteiger charge is -2.35. The molecule has 0 aliphatic heterocycles. The number of hydrogen-bond donors (Lipinski definition) is 2. The Morgan fingerprint density at radius 3 is 2.43 bits per heavy atom. The zero-order valence-electron chi connectivity index (χ0n) is 15.2. The van der Waals surface area contributed by atoms with E-state index >= 15 is 0 Å². The monoisotopic (exact) mass is 507 g/mol. The first-order chi connectivity index (χ1) is 13.1. The number of carbonyl (C=O) groups is 1. The van der Waals surface area contributed by atoms with Crippen molar-refractivity contribution in [3.8, 4) is 0 Å². The summed E-state index contributed by atoms with van der Waals surface area (Å²) in [6, 6.07) is 10.7. The number of benzene rings is 2. The Morgan fingerprint density at radius 1 is 1.18 bits per heavy atom. The number of alkyl halides is 4. The minimum Gasteiger partial charge on any atom is -0.385 e. The zero-order valence-corrected chi connectivity index (χ0v) is 17.3. The molecule has 8 heteroatoms. The molecule has 0 aliphatic carbocycles. The van der Waals surface area contributed by atoms with Gasteiger partial charge in [0.05, 0.1) is 5.56 Å². The van der Waals surface area contributed by atoms with Crippen LogP contribution in [0.2, 0.25) is 0 Å². The minimum absolute atomic E-state index is 0.0489. The van der Waals surface area contributed by atoms with Gasteiger partial charge in [-0.25, -0.2) is 0 Å². The maximum absolute atomic E-state index is 13.2. The summed E-state index contributed by atoms with van der Waals surface area (Å²) in [6.07, 6.45) is -3.52. The fourth-order valence-corrected chi connectivity index (χ4v) is 4.22. The van der Waals surface area contributed by atoms with Crippen LogP contribution < -0.4 is 5.73 Å². The number of amides is 1. The van der Waals surface area contributed by atoms with Crippen molar-refractivity contribution in [1.82, 2.24) is 0 Å². The molecule has 0 saturated carbocycles. The molecular formula is C20H21F3INO3. The fourth-order valence-electron chi connectivity index (χ4n) is 3.08. The second-order valence-electron chi connectivity index (χ2n) is 6.36. The first kappa shape index (κ1) is 22.6. The van der Waals surface area contributed by atoms with Crippen LogP contribution in [-0.2, 0) is 16.5 Å². The van der Waals surface area contributed by atoms with Gasteiger partial charge in [-0.2, -0.15) is 13.2 Å². The van der Waals surface area contributed by atoms with Gasteiger partial charge in [-0.1, -0.05) is 52.9 Å². The highest BCUT2D eigenvalue weighted by Crippen LogP contribution is 2.42. The number of ether oxygens (including phenoxy) is 1. The molecule has 0 spiro atoms. The molecular weight excluding hydrogens is 486 g/mol. The molecule has 2 aromatic carbocycles. The van der Waals surface area contributed by atoms with Crippen LogP contribution in [0, 0.1) is 0 Å². The van der Waals surface area contributed by atoms with Crippen LogP contribution in [0.25, 0.3) is 0 Å².